The monoisotopic (exact) mass is 360 g/mol. The lowest BCUT2D eigenvalue weighted by atomic mass is 10.4. The van der Waals surface area contributed by atoms with Gasteiger partial charge in [0.15, 0.2) is 16.3 Å². The molecule has 0 aliphatic heterocycles. The van der Waals surface area contributed by atoms with E-state index in [1.165, 1.54) is 38.7 Å². The molecule has 3 aromatic heterocycles. The van der Waals surface area contributed by atoms with E-state index in [0.717, 1.165) is 29.5 Å². The van der Waals surface area contributed by atoms with E-state index in [-0.39, 0.29) is 12.1 Å². The third kappa shape index (κ3) is 2.49. The van der Waals surface area contributed by atoms with Gasteiger partial charge in [0.05, 0.1) is 12.0 Å². The van der Waals surface area contributed by atoms with E-state index in [1.54, 1.807) is 7.05 Å². The van der Waals surface area contributed by atoms with Crippen LogP contribution < -0.4 is 16.6 Å². The van der Waals surface area contributed by atoms with Crippen molar-refractivity contribution < 1.29 is 4.79 Å². The number of amides is 1. The van der Waals surface area contributed by atoms with Gasteiger partial charge in [0.25, 0.3) is 5.56 Å². The molecule has 0 saturated heterocycles. The van der Waals surface area contributed by atoms with Crippen molar-refractivity contribution in [2.24, 2.45) is 14.1 Å². The van der Waals surface area contributed by atoms with Crippen LogP contribution in [-0.2, 0) is 38.3 Å². The van der Waals surface area contributed by atoms with Gasteiger partial charge in [-0.1, -0.05) is 0 Å². The number of nitrogens with one attached hydrogen (secondary N) is 1. The van der Waals surface area contributed by atoms with E-state index in [2.05, 4.69) is 15.3 Å². The van der Waals surface area contributed by atoms with Crippen molar-refractivity contribution in [3.8, 4) is 0 Å². The molecule has 3 heterocycles. The molecular formula is C15H16N6O3S. The summed E-state index contributed by atoms with van der Waals surface area (Å²) in [5, 5.41) is 3.20. The van der Waals surface area contributed by atoms with Gasteiger partial charge in [-0.2, -0.15) is 0 Å². The number of anilines is 1. The number of imidazole rings is 1. The maximum atomic E-state index is 12.6. The molecule has 0 bridgehead atoms. The standard InChI is InChI=1S/C15H16N6O3S/c1-19-7-16-12-11(19)13(23)21(15(24)20(12)2)6-10(22)18-14-17-8-4-3-5-9(8)25-14/h7H,3-6H2,1-2H3,(H,17,18,22). The van der Waals surface area contributed by atoms with Crippen molar-refractivity contribution >= 4 is 33.5 Å². The number of carbonyl (C=O) groups excluding carboxylic acids is 1. The van der Waals surface area contributed by atoms with E-state index >= 15 is 0 Å². The topological polar surface area (TPSA) is 104 Å². The van der Waals surface area contributed by atoms with Crippen LogP contribution in [0, 0.1) is 0 Å². The lowest BCUT2D eigenvalue weighted by Crippen LogP contribution is -2.42. The SMILES string of the molecule is Cn1cnc2c1c(=O)n(CC(=O)Nc1nc3c(s1)CCC3)c(=O)n2C. The molecule has 0 atom stereocenters. The largest absolute Gasteiger partial charge is 0.332 e. The fourth-order valence-corrected chi connectivity index (χ4v) is 4.15. The molecule has 10 heteroatoms. The van der Waals surface area contributed by atoms with Crippen molar-refractivity contribution in [3.05, 3.63) is 37.7 Å². The number of hydrogen-bond donors (Lipinski definition) is 1. The Kier molecular flexibility index (Phi) is 3.57. The van der Waals surface area contributed by atoms with Crippen molar-refractivity contribution in [1.82, 2.24) is 23.7 Å². The third-order valence-corrected chi connectivity index (χ3v) is 5.42. The molecule has 0 fully saturated rings. The van der Waals surface area contributed by atoms with Gasteiger partial charge >= 0.3 is 5.69 Å². The van der Waals surface area contributed by atoms with Crippen LogP contribution in [0.5, 0.6) is 0 Å². The zero-order chi connectivity index (χ0) is 17.7. The van der Waals surface area contributed by atoms with Gasteiger partial charge < -0.3 is 9.88 Å². The van der Waals surface area contributed by atoms with Crippen molar-refractivity contribution in [2.45, 2.75) is 25.8 Å². The molecule has 3 aromatic rings. The Balaban J connectivity index is 1.65. The van der Waals surface area contributed by atoms with E-state index in [9.17, 15) is 14.4 Å². The van der Waals surface area contributed by atoms with Crippen molar-refractivity contribution in [3.63, 3.8) is 0 Å². The summed E-state index contributed by atoms with van der Waals surface area (Å²) >= 11 is 1.45. The smallest absolute Gasteiger partial charge is 0.328 e. The van der Waals surface area contributed by atoms with Gasteiger partial charge in [-0.25, -0.2) is 19.3 Å². The van der Waals surface area contributed by atoms with E-state index in [0.29, 0.717) is 10.8 Å². The number of nitrogens with zero attached hydrogens (tertiary/aromatic N) is 5. The van der Waals surface area contributed by atoms with E-state index < -0.39 is 17.2 Å². The number of aromatic nitrogens is 5. The van der Waals surface area contributed by atoms with Gasteiger partial charge in [-0.3, -0.25) is 14.2 Å². The summed E-state index contributed by atoms with van der Waals surface area (Å²) in [7, 11) is 3.19. The van der Waals surface area contributed by atoms with Crippen LogP contribution in [-0.4, -0.2) is 29.6 Å². The molecule has 0 spiro atoms. The van der Waals surface area contributed by atoms with Gasteiger partial charge in [0.2, 0.25) is 5.91 Å². The maximum absolute atomic E-state index is 12.6. The van der Waals surface area contributed by atoms with Crippen LogP contribution in [0.2, 0.25) is 0 Å². The first kappa shape index (κ1) is 15.8. The maximum Gasteiger partial charge on any atom is 0.332 e. The first-order valence-corrected chi connectivity index (χ1v) is 8.66. The summed E-state index contributed by atoms with van der Waals surface area (Å²) in [5.74, 6) is -0.451. The summed E-state index contributed by atoms with van der Waals surface area (Å²) in [6.07, 6.45) is 4.48. The lowest BCUT2D eigenvalue weighted by Gasteiger charge is -2.08. The van der Waals surface area contributed by atoms with Crippen LogP contribution in [0.25, 0.3) is 11.2 Å². The average molecular weight is 360 g/mol. The average Bonchev–Trinajstić information content (AvgIpc) is 3.24. The highest BCUT2D eigenvalue weighted by molar-refractivity contribution is 7.15. The zero-order valence-electron chi connectivity index (χ0n) is 13.8. The molecule has 0 saturated carbocycles. The summed E-state index contributed by atoms with van der Waals surface area (Å²) in [5.41, 5.74) is 0.501. The van der Waals surface area contributed by atoms with Crippen molar-refractivity contribution in [1.29, 1.82) is 0 Å². The molecule has 1 aliphatic rings. The quantitative estimate of drug-likeness (QED) is 0.709. The molecule has 4 rings (SSSR count). The summed E-state index contributed by atoms with van der Waals surface area (Å²) in [6.45, 7) is -0.364. The fraction of sp³-hybridized carbons (Fsp3) is 0.400. The van der Waals surface area contributed by atoms with Crippen molar-refractivity contribution in [2.75, 3.05) is 5.32 Å². The highest BCUT2D eigenvalue weighted by atomic mass is 32.1. The molecule has 0 unspecified atom stereocenters. The normalized spacial score (nSPS) is 13.4. The highest BCUT2D eigenvalue weighted by Gasteiger charge is 2.20. The second-order valence-corrected chi connectivity index (χ2v) is 7.13. The Morgan fingerprint density at radius 2 is 2.12 bits per heavy atom. The number of hydrogen-bond acceptors (Lipinski definition) is 6. The molecule has 1 aliphatic carbocycles. The first-order valence-electron chi connectivity index (χ1n) is 7.85. The zero-order valence-corrected chi connectivity index (χ0v) is 14.6. The number of thiazole rings is 1. The summed E-state index contributed by atoms with van der Waals surface area (Å²) in [4.78, 5) is 46.9. The van der Waals surface area contributed by atoms with Gasteiger partial charge in [-0.15, -0.1) is 11.3 Å². The Hall–Kier alpha value is -2.75. The number of fused-ring (bicyclic) bond motifs is 2. The fourth-order valence-electron chi connectivity index (χ4n) is 3.08. The molecule has 25 heavy (non-hydrogen) atoms. The van der Waals surface area contributed by atoms with Gasteiger partial charge in [0, 0.05) is 19.0 Å². The van der Waals surface area contributed by atoms with Gasteiger partial charge in [-0.05, 0) is 19.3 Å². The van der Waals surface area contributed by atoms with E-state index in [4.69, 9.17) is 0 Å². The lowest BCUT2D eigenvalue weighted by molar-refractivity contribution is -0.116. The minimum Gasteiger partial charge on any atom is -0.328 e. The number of aryl methyl sites for hydroxylation is 4. The predicted molar refractivity (Wildman–Crippen MR) is 93.0 cm³/mol. The minimum atomic E-state index is -0.576. The van der Waals surface area contributed by atoms with Crippen LogP contribution in [0.1, 0.15) is 17.0 Å². The Bertz CT molecular complexity index is 1100. The Morgan fingerprint density at radius 1 is 1.32 bits per heavy atom. The summed E-state index contributed by atoms with van der Waals surface area (Å²) < 4.78 is 3.72. The van der Waals surface area contributed by atoms with Crippen LogP contribution in [0.15, 0.2) is 15.9 Å². The summed E-state index contributed by atoms with van der Waals surface area (Å²) in [6, 6.07) is 0. The predicted octanol–water partition coefficient (Wildman–Crippen LogP) is 0.0176. The molecule has 0 radical (unpaired) electrons. The third-order valence-electron chi connectivity index (χ3n) is 4.34. The van der Waals surface area contributed by atoms with Gasteiger partial charge in [0.1, 0.15) is 6.54 Å². The van der Waals surface area contributed by atoms with Crippen LogP contribution in [0.3, 0.4) is 0 Å². The number of rotatable bonds is 3. The highest BCUT2D eigenvalue weighted by Crippen LogP contribution is 2.30. The minimum absolute atomic E-state index is 0.281. The first-order chi connectivity index (χ1) is 12.0. The molecule has 1 N–H and O–H groups in total. The molecule has 0 aromatic carbocycles. The second-order valence-electron chi connectivity index (χ2n) is 6.05. The molecule has 9 nitrogen and oxygen atoms in total. The van der Waals surface area contributed by atoms with Crippen LogP contribution in [0.4, 0.5) is 5.13 Å². The van der Waals surface area contributed by atoms with E-state index in [1.807, 2.05) is 0 Å². The Morgan fingerprint density at radius 3 is 2.88 bits per heavy atom. The molecule has 1 amide bonds. The van der Waals surface area contributed by atoms with Crippen LogP contribution >= 0.6 is 11.3 Å². The second kappa shape index (κ2) is 5.66. The Labute approximate surface area is 145 Å². The molecule has 130 valence electrons. The molecular weight excluding hydrogens is 344 g/mol. The number of carbonyl (C=O) groups is 1.